The van der Waals surface area contributed by atoms with Gasteiger partial charge in [-0.25, -0.2) is 9.38 Å². The van der Waals surface area contributed by atoms with Crippen molar-refractivity contribution >= 4 is 17.6 Å². The third kappa shape index (κ3) is 5.91. The van der Waals surface area contributed by atoms with Crippen LogP contribution in [-0.4, -0.2) is 73.0 Å². The maximum Gasteiger partial charge on any atom is 0.244 e. The molecule has 0 atom stereocenters. The lowest BCUT2D eigenvalue weighted by Gasteiger charge is -2.36. The van der Waals surface area contributed by atoms with Gasteiger partial charge in [-0.2, -0.15) is 0 Å². The molecule has 2 N–H and O–H groups in total. The minimum absolute atomic E-state index is 0.0305. The Morgan fingerprint density at radius 1 is 1.17 bits per heavy atom. The van der Waals surface area contributed by atoms with Crippen molar-refractivity contribution in [2.45, 2.75) is 6.42 Å². The number of rotatable bonds is 6. The summed E-state index contributed by atoms with van der Waals surface area (Å²) in [5.41, 5.74) is 8.04. The minimum atomic E-state index is -0.238. The van der Waals surface area contributed by atoms with Crippen LogP contribution in [0.1, 0.15) is 5.69 Å². The minimum Gasteiger partial charge on any atom is -0.370 e. The van der Waals surface area contributed by atoms with Crippen molar-refractivity contribution in [2.24, 2.45) is 10.7 Å². The molecule has 1 saturated heterocycles. The van der Waals surface area contributed by atoms with Crippen molar-refractivity contribution in [1.82, 2.24) is 14.8 Å². The number of piperazine rings is 1. The van der Waals surface area contributed by atoms with Crippen LogP contribution < -0.4 is 10.6 Å². The van der Waals surface area contributed by atoms with Gasteiger partial charge in [-0.15, -0.1) is 0 Å². The molecular weight excluding hydrogens is 371 g/mol. The first-order valence-corrected chi connectivity index (χ1v) is 9.72. The van der Waals surface area contributed by atoms with E-state index in [1.54, 1.807) is 30.3 Å². The Labute approximate surface area is 170 Å². The first kappa shape index (κ1) is 20.6. The molecule has 1 amide bonds. The molecular formula is C21H27FN6O. The second-order valence-corrected chi connectivity index (χ2v) is 7.01. The van der Waals surface area contributed by atoms with Gasteiger partial charge in [-0.1, -0.05) is 6.07 Å². The van der Waals surface area contributed by atoms with Crippen LogP contribution in [-0.2, 0) is 11.2 Å². The number of aliphatic imine (C=N–C) groups is 1. The van der Waals surface area contributed by atoms with Gasteiger partial charge in [0, 0.05) is 63.8 Å². The molecule has 3 rings (SSSR count). The molecule has 0 radical (unpaired) electrons. The van der Waals surface area contributed by atoms with E-state index in [9.17, 15) is 9.18 Å². The zero-order valence-electron chi connectivity index (χ0n) is 16.7. The Kier molecular flexibility index (Phi) is 6.99. The Morgan fingerprint density at radius 2 is 1.90 bits per heavy atom. The lowest BCUT2D eigenvalue weighted by molar-refractivity contribution is -0.128. The highest BCUT2D eigenvalue weighted by atomic mass is 19.1. The smallest absolute Gasteiger partial charge is 0.244 e. The van der Waals surface area contributed by atoms with E-state index in [1.165, 1.54) is 12.1 Å². The summed E-state index contributed by atoms with van der Waals surface area (Å²) in [6.45, 7) is 3.55. The fraction of sp³-hybridized carbons (Fsp3) is 0.381. The molecule has 1 aliphatic rings. The zero-order chi connectivity index (χ0) is 20.6. The molecule has 1 aliphatic heterocycles. The van der Waals surface area contributed by atoms with Gasteiger partial charge in [0.25, 0.3) is 0 Å². The van der Waals surface area contributed by atoms with Crippen LogP contribution in [0.3, 0.4) is 0 Å². The maximum absolute atomic E-state index is 13.1. The van der Waals surface area contributed by atoms with E-state index in [1.807, 2.05) is 23.1 Å². The molecule has 0 bridgehead atoms. The van der Waals surface area contributed by atoms with Crippen LogP contribution in [0.5, 0.6) is 0 Å². The van der Waals surface area contributed by atoms with Crippen molar-refractivity contribution < 1.29 is 9.18 Å². The number of carbonyl (C=O) groups excluding carboxylic acids is 1. The molecule has 2 heterocycles. The van der Waals surface area contributed by atoms with Crippen molar-refractivity contribution in [3.05, 3.63) is 60.2 Å². The van der Waals surface area contributed by atoms with Gasteiger partial charge in [0.2, 0.25) is 5.91 Å². The molecule has 2 aromatic rings. The molecule has 0 aliphatic carbocycles. The van der Waals surface area contributed by atoms with Gasteiger partial charge < -0.3 is 20.4 Å². The first-order valence-electron chi connectivity index (χ1n) is 9.72. The van der Waals surface area contributed by atoms with Gasteiger partial charge in [-0.05, 0) is 36.4 Å². The number of hydrogen-bond donors (Lipinski definition) is 1. The van der Waals surface area contributed by atoms with Crippen molar-refractivity contribution in [3.63, 3.8) is 0 Å². The van der Waals surface area contributed by atoms with Crippen molar-refractivity contribution in [1.29, 1.82) is 0 Å². The van der Waals surface area contributed by atoms with Crippen LogP contribution in [0.2, 0.25) is 0 Å². The molecule has 1 aromatic carbocycles. The Balaban J connectivity index is 1.43. The number of guanidine groups is 1. The monoisotopic (exact) mass is 398 g/mol. The highest BCUT2D eigenvalue weighted by Gasteiger charge is 2.19. The predicted octanol–water partition coefficient (Wildman–Crippen LogP) is 1.36. The van der Waals surface area contributed by atoms with Gasteiger partial charge in [0.1, 0.15) is 12.4 Å². The highest BCUT2D eigenvalue weighted by molar-refractivity contribution is 5.84. The number of benzene rings is 1. The number of nitrogens with zero attached hydrogens (tertiary/aromatic N) is 5. The van der Waals surface area contributed by atoms with Crippen molar-refractivity contribution in [2.75, 3.05) is 51.2 Å². The van der Waals surface area contributed by atoms with Gasteiger partial charge in [0.15, 0.2) is 5.96 Å². The van der Waals surface area contributed by atoms with E-state index in [4.69, 9.17) is 5.73 Å². The number of amides is 1. The summed E-state index contributed by atoms with van der Waals surface area (Å²) >= 11 is 0. The third-order valence-corrected chi connectivity index (χ3v) is 5.03. The topological polar surface area (TPSA) is 78.1 Å². The van der Waals surface area contributed by atoms with Crippen LogP contribution in [0.4, 0.5) is 10.1 Å². The molecule has 7 nitrogen and oxygen atoms in total. The summed E-state index contributed by atoms with van der Waals surface area (Å²) in [5, 5.41) is 0. The third-order valence-electron chi connectivity index (χ3n) is 5.03. The molecule has 29 heavy (non-hydrogen) atoms. The first-order chi connectivity index (χ1) is 14.0. The van der Waals surface area contributed by atoms with E-state index in [-0.39, 0.29) is 18.3 Å². The number of carbonyl (C=O) groups is 1. The molecule has 1 fully saturated rings. The summed E-state index contributed by atoms with van der Waals surface area (Å²) in [5.74, 6) is 0.0718. The SMILES string of the molecule is CN(CCc1ccccn1)C(=O)CN=C(N)N1CCN(c2ccc(F)cc2)CC1. The number of likely N-dealkylation sites (N-methyl/N-ethyl adjacent to an activating group) is 1. The van der Waals surface area contributed by atoms with Crippen LogP contribution in [0, 0.1) is 5.82 Å². The lowest BCUT2D eigenvalue weighted by atomic mass is 10.2. The fourth-order valence-corrected chi connectivity index (χ4v) is 3.17. The van der Waals surface area contributed by atoms with E-state index < -0.39 is 0 Å². The number of hydrogen-bond acceptors (Lipinski definition) is 4. The normalized spacial score (nSPS) is 14.8. The molecule has 0 saturated carbocycles. The molecule has 1 aromatic heterocycles. The number of anilines is 1. The average molecular weight is 398 g/mol. The van der Waals surface area contributed by atoms with E-state index in [2.05, 4.69) is 14.9 Å². The average Bonchev–Trinajstić information content (AvgIpc) is 2.77. The Hall–Kier alpha value is -3.16. The quantitative estimate of drug-likeness (QED) is 0.587. The molecule has 0 spiro atoms. The van der Waals surface area contributed by atoms with Crippen LogP contribution in [0.15, 0.2) is 53.7 Å². The summed E-state index contributed by atoms with van der Waals surface area (Å²) < 4.78 is 13.1. The number of nitrogens with two attached hydrogens (primary N) is 1. The second-order valence-electron chi connectivity index (χ2n) is 7.01. The largest absolute Gasteiger partial charge is 0.370 e. The number of pyridine rings is 1. The van der Waals surface area contributed by atoms with Crippen LogP contribution >= 0.6 is 0 Å². The highest BCUT2D eigenvalue weighted by Crippen LogP contribution is 2.16. The van der Waals surface area contributed by atoms with E-state index >= 15 is 0 Å². The van der Waals surface area contributed by atoms with E-state index in [0.29, 0.717) is 32.0 Å². The second kappa shape index (κ2) is 9.86. The predicted molar refractivity (Wildman–Crippen MR) is 112 cm³/mol. The summed E-state index contributed by atoms with van der Waals surface area (Å²) in [6, 6.07) is 12.2. The van der Waals surface area contributed by atoms with Gasteiger partial charge >= 0.3 is 0 Å². The molecule has 8 heteroatoms. The Bertz CT molecular complexity index is 819. The maximum atomic E-state index is 13.1. The van der Waals surface area contributed by atoms with Gasteiger partial charge in [0.05, 0.1) is 0 Å². The Morgan fingerprint density at radius 3 is 2.55 bits per heavy atom. The zero-order valence-corrected chi connectivity index (χ0v) is 16.7. The lowest BCUT2D eigenvalue weighted by Crippen LogP contribution is -2.51. The standard InChI is InChI=1S/C21H27FN6O/c1-26(11-9-18-4-2-3-10-24-18)20(29)16-25-21(23)28-14-12-27(13-15-28)19-7-5-17(22)6-8-19/h2-8,10H,9,11-16H2,1H3,(H2,23,25). The summed E-state index contributed by atoms with van der Waals surface area (Å²) in [4.78, 5) is 26.6. The number of halogens is 1. The van der Waals surface area contributed by atoms with Crippen molar-refractivity contribution in [3.8, 4) is 0 Å². The van der Waals surface area contributed by atoms with Crippen LogP contribution in [0.25, 0.3) is 0 Å². The van der Waals surface area contributed by atoms with E-state index in [0.717, 1.165) is 24.5 Å². The molecule has 154 valence electrons. The van der Waals surface area contributed by atoms with Gasteiger partial charge in [-0.3, -0.25) is 9.78 Å². The molecule has 0 unspecified atom stereocenters. The number of aromatic nitrogens is 1. The summed E-state index contributed by atoms with van der Waals surface area (Å²) in [6.07, 6.45) is 2.45. The summed E-state index contributed by atoms with van der Waals surface area (Å²) in [7, 11) is 1.76. The fourth-order valence-electron chi connectivity index (χ4n) is 3.17.